The molecule has 1 aliphatic rings. The molecule has 1 aliphatic heterocycles. The molecule has 0 aromatic heterocycles. The highest BCUT2D eigenvalue weighted by Gasteiger charge is 2.32. The molecule has 1 N–H and O–H groups in total. The highest BCUT2D eigenvalue weighted by Crippen LogP contribution is 2.23. The van der Waals surface area contributed by atoms with Crippen LogP contribution in [0.15, 0.2) is 54.6 Å². The number of methoxy groups -OCH3 is 1. The second-order valence-corrected chi connectivity index (χ2v) is 7.50. The number of anilines is 1. The molecule has 31 heavy (non-hydrogen) atoms. The van der Waals surface area contributed by atoms with E-state index in [1.807, 2.05) is 48.5 Å². The molecule has 7 nitrogen and oxygen atoms in total. The summed E-state index contributed by atoms with van der Waals surface area (Å²) in [7, 11) is 1.37. The Morgan fingerprint density at radius 3 is 2.68 bits per heavy atom. The molecule has 7 heteroatoms. The lowest BCUT2D eigenvalue weighted by Crippen LogP contribution is -2.55. The van der Waals surface area contributed by atoms with Gasteiger partial charge < -0.3 is 24.4 Å². The number of hydrogen-bond acceptors (Lipinski definition) is 6. The van der Waals surface area contributed by atoms with Crippen LogP contribution in [0, 0.1) is 0 Å². The van der Waals surface area contributed by atoms with Crippen molar-refractivity contribution in [3.05, 3.63) is 65.7 Å². The minimum absolute atomic E-state index is 0.144. The zero-order valence-electron chi connectivity index (χ0n) is 18.1. The molecule has 0 aliphatic carbocycles. The minimum atomic E-state index is -0.444. The van der Waals surface area contributed by atoms with Crippen LogP contribution in [0.2, 0.25) is 0 Å². The van der Waals surface area contributed by atoms with Crippen molar-refractivity contribution in [3.63, 3.8) is 0 Å². The molecule has 166 valence electrons. The lowest BCUT2D eigenvalue weighted by molar-refractivity contribution is 0.0192. The van der Waals surface area contributed by atoms with Crippen molar-refractivity contribution < 1.29 is 23.8 Å². The summed E-state index contributed by atoms with van der Waals surface area (Å²) in [5, 5.41) is 2.97. The summed E-state index contributed by atoms with van der Waals surface area (Å²) in [6, 6.07) is 16.8. The zero-order valence-corrected chi connectivity index (χ0v) is 18.1. The summed E-state index contributed by atoms with van der Waals surface area (Å²) >= 11 is 0. The number of carbonyl (C=O) groups is 2. The summed E-state index contributed by atoms with van der Waals surface area (Å²) in [6.45, 7) is 4.22. The fourth-order valence-corrected chi connectivity index (χ4v) is 3.62. The lowest BCUT2D eigenvalue weighted by atomic mass is 10.0. The fraction of sp³-hybridized carbons (Fsp3) is 0.417. The highest BCUT2D eigenvalue weighted by atomic mass is 16.5. The van der Waals surface area contributed by atoms with Gasteiger partial charge in [-0.15, -0.1) is 0 Å². The zero-order chi connectivity index (χ0) is 22.1. The van der Waals surface area contributed by atoms with Crippen LogP contribution in [0.5, 0.6) is 0 Å². The molecule has 2 aromatic carbocycles. The molecule has 1 heterocycles. The average Bonchev–Trinajstić information content (AvgIpc) is 2.82. The van der Waals surface area contributed by atoms with Crippen molar-refractivity contribution in [1.29, 1.82) is 0 Å². The number of nitrogens with one attached hydrogen (secondary N) is 1. The normalized spacial score (nSPS) is 18.3. The molecular weight excluding hydrogens is 396 g/mol. The van der Waals surface area contributed by atoms with Crippen LogP contribution in [0.4, 0.5) is 10.5 Å². The molecule has 0 saturated carbocycles. The molecule has 0 radical (unpaired) electrons. The second kappa shape index (κ2) is 11.4. The third-order valence-electron chi connectivity index (χ3n) is 5.24. The van der Waals surface area contributed by atoms with E-state index in [1.165, 1.54) is 7.11 Å². The number of esters is 1. The molecule has 2 aromatic rings. The Bertz CT molecular complexity index is 858. The number of alkyl carbamates (subject to hydrolysis) is 1. The predicted octanol–water partition coefficient (Wildman–Crippen LogP) is 3.77. The predicted molar refractivity (Wildman–Crippen MR) is 118 cm³/mol. The highest BCUT2D eigenvalue weighted by molar-refractivity contribution is 5.90. The first-order chi connectivity index (χ1) is 15.1. The molecule has 3 rings (SSSR count). The molecule has 0 unspecified atom stereocenters. The number of carbonyl (C=O) groups excluding carboxylic acids is 2. The van der Waals surface area contributed by atoms with Crippen molar-refractivity contribution in [2.24, 2.45) is 0 Å². The van der Waals surface area contributed by atoms with Gasteiger partial charge in [-0.05, 0) is 36.6 Å². The van der Waals surface area contributed by atoms with Crippen LogP contribution in [-0.2, 0) is 20.8 Å². The van der Waals surface area contributed by atoms with Gasteiger partial charge in [0.1, 0.15) is 6.61 Å². The van der Waals surface area contributed by atoms with E-state index in [0.717, 1.165) is 24.2 Å². The van der Waals surface area contributed by atoms with Crippen LogP contribution in [0.25, 0.3) is 0 Å². The smallest absolute Gasteiger partial charge is 0.407 e. The van der Waals surface area contributed by atoms with Crippen LogP contribution in [0.3, 0.4) is 0 Å². The van der Waals surface area contributed by atoms with E-state index < -0.39 is 6.09 Å². The number of benzene rings is 2. The summed E-state index contributed by atoms with van der Waals surface area (Å²) < 4.78 is 16.3. The second-order valence-electron chi connectivity index (χ2n) is 7.50. The summed E-state index contributed by atoms with van der Waals surface area (Å²) in [5.74, 6) is -0.363. The van der Waals surface area contributed by atoms with Crippen molar-refractivity contribution in [1.82, 2.24) is 5.32 Å². The summed E-state index contributed by atoms with van der Waals surface area (Å²) in [5.41, 5.74) is 2.38. The maximum atomic E-state index is 12.4. The van der Waals surface area contributed by atoms with Crippen LogP contribution < -0.4 is 10.2 Å². The van der Waals surface area contributed by atoms with Crippen LogP contribution >= 0.6 is 0 Å². The summed E-state index contributed by atoms with van der Waals surface area (Å²) in [6.07, 6.45) is 0.969. The number of rotatable bonds is 8. The van der Waals surface area contributed by atoms with Gasteiger partial charge in [0.15, 0.2) is 0 Å². The molecule has 1 fully saturated rings. The number of nitrogens with zero attached hydrogens (tertiary/aromatic N) is 1. The molecule has 0 bridgehead atoms. The Balaban J connectivity index is 1.61. The van der Waals surface area contributed by atoms with E-state index in [4.69, 9.17) is 14.2 Å². The molecule has 1 saturated heterocycles. The number of amides is 1. The van der Waals surface area contributed by atoms with Gasteiger partial charge in [0.2, 0.25) is 0 Å². The Morgan fingerprint density at radius 1 is 1.13 bits per heavy atom. The standard InChI is InChI=1S/C24H30N2O5/c1-3-14-30-22-16-26(20-11-7-10-19(15-20)23(27)29-2)13-12-21(22)25-24(28)31-17-18-8-5-4-6-9-18/h4-11,15,21-22H,3,12-14,16-17H2,1-2H3,(H,25,28)/t21-,22+/m0/s1. The first-order valence-electron chi connectivity index (χ1n) is 10.6. The van der Waals surface area contributed by atoms with Crippen molar-refractivity contribution in [2.75, 3.05) is 31.7 Å². The SMILES string of the molecule is CCCO[C@@H]1CN(c2cccc(C(=O)OC)c2)CC[C@@H]1NC(=O)OCc1ccccc1. The third-order valence-corrected chi connectivity index (χ3v) is 5.24. The maximum absolute atomic E-state index is 12.4. The fourth-order valence-electron chi connectivity index (χ4n) is 3.62. The van der Waals surface area contributed by atoms with Gasteiger partial charge in [-0.2, -0.15) is 0 Å². The van der Waals surface area contributed by atoms with Crippen LogP contribution in [-0.4, -0.2) is 51.0 Å². The van der Waals surface area contributed by atoms with Crippen molar-refractivity contribution >= 4 is 17.7 Å². The molecular formula is C24H30N2O5. The monoisotopic (exact) mass is 426 g/mol. The Hall–Kier alpha value is -3.06. The topological polar surface area (TPSA) is 77.1 Å². The van der Waals surface area contributed by atoms with E-state index >= 15 is 0 Å². The van der Waals surface area contributed by atoms with Gasteiger partial charge >= 0.3 is 12.1 Å². The van der Waals surface area contributed by atoms with Gasteiger partial charge in [-0.1, -0.05) is 43.3 Å². The number of piperidine rings is 1. The van der Waals surface area contributed by atoms with Gasteiger partial charge in [-0.3, -0.25) is 0 Å². The van der Waals surface area contributed by atoms with E-state index in [2.05, 4.69) is 17.1 Å². The van der Waals surface area contributed by atoms with Gasteiger partial charge in [0.25, 0.3) is 0 Å². The first kappa shape index (κ1) is 22.6. The molecule has 2 atom stereocenters. The number of ether oxygens (including phenoxy) is 3. The Morgan fingerprint density at radius 2 is 1.94 bits per heavy atom. The van der Waals surface area contributed by atoms with Crippen molar-refractivity contribution in [3.8, 4) is 0 Å². The van der Waals surface area contributed by atoms with Gasteiger partial charge in [0, 0.05) is 25.4 Å². The lowest BCUT2D eigenvalue weighted by Gasteiger charge is -2.39. The summed E-state index contributed by atoms with van der Waals surface area (Å²) in [4.78, 5) is 26.4. The number of hydrogen-bond donors (Lipinski definition) is 1. The van der Waals surface area contributed by atoms with E-state index in [-0.39, 0.29) is 24.7 Å². The van der Waals surface area contributed by atoms with E-state index in [9.17, 15) is 9.59 Å². The minimum Gasteiger partial charge on any atom is -0.465 e. The quantitative estimate of drug-likeness (QED) is 0.648. The van der Waals surface area contributed by atoms with Crippen LogP contribution in [0.1, 0.15) is 35.7 Å². The van der Waals surface area contributed by atoms with Gasteiger partial charge in [-0.25, -0.2) is 9.59 Å². The first-order valence-corrected chi connectivity index (χ1v) is 10.6. The maximum Gasteiger partial charge on any atom is 0.407 e. The van der Waals surface area contributed by atoms with Gasteiger partial charge in [0.05, 0.1) is 24.8 Å². The Labute approximate surface area is 183 Å². The molecule has 0 spiro atoms. The average molecular weight is 427 g/mol. The Kier molecular flexibility index (Phi) is 8.29. The van der Waals surface area contributed by atoms with Crippen molar-refractivity contribution in [2.45, 2.75) is 38.5 Å². The largest absolute Gasteiger partial charge is 0.465 e. The van der Waals surface area contributed by atoms with E-state index in [0.29, 0.717) is 25.1 Å². The van der Waals surface area contributed by atoms with E-state index in [1.54, 1.807) is 6.07 Å². The molecule has 1 amide bonds. The third kappa shape index (κ3) is 6.46.